The van der Waals surface area contributed by atoms with Crippen LogP contribution < -0.4 is 5.32 Å². The number of carbonyl (C=O) groups excluding carboxylic acids is 3. The quantitative estimate of drug-likeness (QED) is 0.192. The fourth-order valence-corrected chi connectivity index (χ4v) is 3.86. The molecule has 1 aromatic carbocycles. The molecule has 2 aromatic rings. The molecule has 1 aliphatic heterocycles. The molecule has 31 heavy (non-hydrogen) atoms. The van der Waals surface area contributed by atoms with Gasteiger partial charge in [0.1, 0.15) is 4.81 Å². The Morgan fingerprint density at radius 3 is 2.39 bits per heavy atom. The van der Waals surface area contributed by atoms with Gasteiger partial charge < -0.3 is 10.3 Å². The van der Waals surface area contributed by atoms with Crippen molar-refractivity contribution in [3.8, 4) is 0 Å². The van der Waals surface area contributed by atoms with Gasteiger partial charge in [0.2, 0.25) is 0 Å². The zero-order valence-electron chi connectivity index (χ0n) is 18.1. The lowest BCUT2D eigenvalue weighted by atomic mass is 10.1. The summed E-state index contributed by atoms with van der Waals surface area (Å²) in [6.45, 7) is 2.99. The van der Waals surface area contributed by atoms with Crippen LogP contribution in [-0.2, 0) is 14.4 Å². The third kappa shape index (κ3) is 5.51. The molecule has 0 bridgehead atoms. The Kier molecular flexibility index (Phi) is 7.81. The van der Waals surface area contributed by atoms with Crippen molar-refractivity contribution >= 4 is 34.4 Å². The average molecular weight is 431 g/mol. The summed E-state index contributed by atoms with van der Waals surface area (Å²) in [5, 5.41) is 14.1. The number of benzene rings is 1. The van der Waals surface area contributed by atoms with Gasteiger partial charge in [0.25, 0.3) is 0 Å². The Labute approximate surface area is 182 Å². The molecule has 1 fully saturated rings. The number of aromatic amines is 1. The van der Waals surface area contributed by atoms with Gasteiger partial charge in [0.05, 0.1) is 18.4 Å². The second-order valence-corrected chi connectivity index (χ2v) is 8.11. The number of hydroxylamine groups is 4. The fraction of sp³-hybridized carbons (Fsp3) is 0.522. The first-order chi connectivity index (χ1) is 15.0. The molecule has 8 heteroatoms. The lowest BCUT2D eigenvalue weighted by molar-refractivity contribution is -1.12. The van der Waals surface area contributed by atoms with Gasteiger partial charge >= 0.3 is 17.8 Å². The summed E-state index contributed by atoms with van der Waals surface area (Å²) in [5.41, 5.74) is 1.63. The summed E-state index contributed by atoms with van der Waals surface area (Å²) >= 11 is 0. The number of quaternary nitrogens is 1. The van der Waals surface area contributed by atoms with E-state index >= 15 is 0 Å². The normalized spacial score (nSPS) is 15.5. The van der Waals surface area contributed by atoms with Crippen LogP contribution in [0.1, 0.15) is 81.5 Å². The van der Waals surface area contributed by atoms with Crippen molar-refractivity contribution in [1.82, 2.24) is 4.98 Å². The molecule has 3 N–H and O–H groups in total. The predicted molar refractivity (Wildman–Crippen MR) is 116 cm³/mol. The summed E-state index contributed by atoms with van der Waals surface area (Å²) in [7, 11) is 0. The predicted octanol–water partition coefficient (Wildman–Crippen LogP) is 4.85. The summed E-state index contributed by atoms with van der Waals surface area (Å²) in [6.07, 6.45) is 11.2. The molecule has 0 spiro atoms. The molecule has 0 atom stereocenters. The topological polar surface area (TPSA) is 108 Å². The highest BCUT2D eigenvalue weighted by Crippen LogP contribution is 2.27. The van der Waals surface area contributed by atoms with E-state index in [2.05, 4.69) is 17.2 Å². The van der Waals surface area contributed by atoms with Crippen molar-refractivity contribution in [2.24, 2.45) is 0 Å². The Balaban J connectivity index is 1.59. The molecule has 8 nitrogen and oxygen atoms in total. The highest BCUT2D eigenvalue weighted by Gasteiger charge is 2.55. The van der Waals surface area contributed by atoms with E-state index in [4.69, 9.17) is 4.84 Å². The van der Waals surface area contributed by atoms with E-state index in [1.54, 1.807) is 18.3 Å². The second kappa shape index (κ2) is 10.5. The van der Waals surface area contributed by atoms with Crippen LogP contribution >= 0.6 is 0 Å². The Hall–Kier alpha value is -2.71. The molecule has 1 aromatic heterocycles. The molecular weight excluding hydrogens is 398 g/mol. The van der Waals surface area contributed by atoms with E-state index in [9.17, 15) is 19.6 Å². The second-order valence-electron chi connectivity index (χ2n) is 8.11. The van der Waals surface area contributed by atoms with Crippen LogP contribution in [0.3, 0.4) is 0 Å². The summed E-state index contributed by atoms with van der Waals surface area (Å²) < 4.78 is 0. The number of nitrogens with one attached hydrogen (secondary N) is 2. The van der Waals surface area contributed by atoms with E-state index < -0.39 is 22.6 Å². The van der Waals surface area contributed by atoms with Crippen molar-refractivity contribution in [2.75, 3.05) is 11.9 Å². The maximum absolute atomic E-state index is 12.7. The number of fused-ring (bicyclic) bond motifs is 1. The number of carbonyl (C=O) groups is 3. The molecule has 0 aliphatic carbocycles. The number of rotatable bonds is 12. The van der Waals surface area contributed by atoms with Gasteiger partial charge in [-0.2, -0.15) is 5.21 Å². The smallest absolute Gasteiger partial charge is 0.385 e. The van der Waals surface area contributed by atoms with E-state index in [0.29, 0.717) is 5.39 Å². The minimum absolute atomic E-state index is 0.150. The zero-order chi connectivity index (χ0) is 22.3. The molecule has 3 rings (SSSR count). The van der Waals surface area contributed by atoms with Gasteiger partial charge in [-0.25, -0.2) is 19.2 Å². The van der Waals surface area contributed by atoms with Crippen molar-refractivity contribution in [3.05, 3.63) is 30.0 Å². The number of hydrogen-bond donors (Lipinski definition) is 3. The largest absolute Gasteiger partial charge is 0.404 e. The lowest BCUT2D eigenvalue weighted by Gasteiger charge is -2.16. The molecule has 0 saturated carbocycles. The molecule has 1 aliphatic rings. The molecule has 168 valence electrons. The number of nitrogens with zero attached hydrogens (tertiary/aromatic N) is 1. The zero-order valence-corrected chi connectivity index (χ0v) is 18.1. The molecule has 1 saturated heterocycles. The Morgan fingerprint density at radius 2 is 1.71 bits per heavy atom. The SMILES string of the molecule is CCCCCCCCCCNc1cc(C(=O)O[N+]2(O)C(=O)CCC2=O)c2cc[nH]c2c1. The van der Waals surface area contributed by atoms with Crippen LogP contribution in [0.2, 0.25) is 0 Å². The van der Waals surface area contributed by atoms with Gasteiger partial charge in [0, 0.05) is 29.3 Å². The van der Waals surface area contributed by atoms with Crippen LogP contribution in [0.15, 0.2) is 24.4 Å². The summed E-state index contributed by atoms with van der Waals surface area (Å²) in [4.78, 5) is 42.6. The minimum atomic E-state index is -1.92. The minimum Gasteiger partial charge on any atom is -0.385 e. The molecular formula is C23H32N3O5+. The highest BCUT2D eigenvalue weighted by molar-refractivity contribution is 6.05. The van der Waals surface area contributed by atoms with Gasteiger partial charge in [-0.1, -0.05) is 51.9 Å². The number of unbranched alkanes of at least 4 members (excludes halogenated alkanes) is 7. The van der Waals surface area contributed by atoms with Gasteiger partial charge in [0.15, 0.2) is 0 Å². The lowest BCUT2D eigenvalue weighted by Crippen LogP contribution is -2.50. The van der Waals surface area contributed by atoms with Crippen molar-refractivity contribution < 1.29 is 29.2 Å². The number of H-pyrrole nitrogens is 1. The molecule has 0 unspecified atom stereocenters. The fourth-order valence-electron chi connectivity index (χ4n) is 3.86. The van der Waals surface area contributed by atoms with Gasteiger partial charge in [-0.15, -0.1) is 0 Å². The van der Waals surface area contributed by atoms with Gasteiger partial charge in [-0.05, 0) is 24.6 Å². The van der Waals surface area contributed by atoms with Crippen molar-refractivity contribution in [3.63, 3.8) is 0 Å². The highest BCUT2D eigenvalue weighted by atomic mass is 17.0. The molecule has 0 radical (unpaired) electrons. The monoisotopic (exact) mass is 430 g/mol. The third-order valence-electron chi connectivity index (χ3n) is 5.69. The first-order valence-corrected chi connectivity index (χ1v) is 11.2. The number of aromatic nitrogens is 1. The average Bonchev–Trinajstić information content (AvgIpc) is 3.32. The number of anilines is 1. The number of imide groups is 1. The van der Waals surface area contributed by atoms with Crippen LogP contribution in [0.25, 0.3) is 10.9 Å². The van der Waals surface area contributed by atoms with Crippen molar-refractivity contribution in [1.29, 1.82) is 0 Å². The third-order valence-corrected chi connectivity index (χ3v) is 5.69. The molecule has 2 amide bonds. The maximum Gasteiger partial charge on any atom is 0.404 e. The van der Waals surface area contributed by atoms with Crippen LogP contribution in [0, 0.1) is 0 Å². The standard InChI is InChI=1S/C23H31N3O5/c1-2-3-4-5-6-7-8-9-13-24-17-15-19(18-12-14-25-20(18)16-17)23(29)31-26(30)21(27)10-11-22(26)28/h12,14-16,24,30H,2-11,13H2,1H3/p+1. The first-order valence-electron chi connectivity index (χ1n) is 11.2. The van der Waals surface area contributed by atoms with E-state index in [1.165, 1.54) is 38.5 Å². The van der Waals surface area contributed by atoms with Crippen LogP contribution in [-0.4, -0.2) is 39.3 Å². The first kappa shape index (κ1) is 23.0. The Bertz CT molecular complexity index is 920. The number of hydrogen-bond acceptors (Lipinski definition) is 6. The van der Waals surface area contributed by atoms with Gasteiger partial charge in [-0.3, -0.25) is 0 Å². The molecule has 2 heterocycles. The van der Waals surface area contributed by atoms with E-state index in [0.717, 1.165) is 30.6 Å². The van der Waals surface area contributed by atoms with Crippen LogP contribution in [0.5, 0.6) is 0 Å². The number of amides is 2. The summed E-state index contributed by atoms with van der Waals surface area (Å²) in [5.74, 6) is -2.60. The van der Waals surface area contributed by atoms with Crippen LogP contribution in [0.4, 0.5) is 5.69 Å². The maximum atomic E-state index is 12.7. The summed E-state index contributed by atoms with van der Waals surface area (Å²) in [6, 6.07) is 5.23. The Morgan fingerprint density at radius 1 is 1.06 bits per heavy atom. The van der Waals surface area contributed by atoms with E-state index in [-0.39, 0.29) is 18.4 Å². The van der Waals surface area contributed by atoms with E-state index in [1.807, 2.05) is 6.07 Å². The van der Waals surface area contributed by atoms with Crippen molar-refractivity contribution in [2.45, 2.75) is 71.1 Å².